The van der Waals surface area contributed by atoms with Gasteiger partial charge in [0.15, 0.2) is 0 Å². The summed E-state index contributed by atoms with van der Waals surface area (Å²) < 4.78 is 1.69. The Bertz CT molecular complexity index is 930. The van der Waals surface area contributed by atoms with E-state index in [-0.39, 0.29) is 12.0 Å². The first kappa shape index (κ1) is 17.8. The zero-order valence-corrected chi connectivity index (χ0v) is 15.5. The Kier molecular flexibility index (Phi) is 4.97. The van der Waals surface area contributed by atoms with Crippen molar-refractivity contribution >= 4 is 17.5 Å². The van der Waals surface area contributed by atoms with Crippen LogP contribution >= 0.6 is 11.6 Å². The van der Waals surface area contributed by atoms with Crippen molar-refractivity contribution < 1.29 is 9.90 Å². The molecule has 1 fully saturated rings. The minimum atomic E-state index is -0.322. The zero-order chi connectivity index (χ0) is 18.8. The van der Waals surface area contributed by atoms with Gasteiger partial charge in [-0.1, -0.05) is 41.9 Å². The molecule has 0 aliphatic carbocycles. The minimum Gasteiger partial charge on any atom is -0.393 e. The molecule has 1 aromatic heterocycles. The highest BCUT2D eigenvalue weighted by Crippen LogP contribution is 2.25. The number of amides is 1. The maximum Gasteiger partial charge on any atom is 0.272 e. The molecule has 1 aliphatic rings. The molecule has 1 N–H and O–H groups in total. The first-order valence-corrected chi connectivity index (χ1v) is 9.38. The van der Waals surface area contributed by atoms with Crippen molar-refractivity contribution in [3.05, 3.63) is 71.4 Å². The van der Waals surface area contributed by atoms with Crippen LogP contribution < -0.4 is 0 Å². The van der Waals surface area contributed by atoms with Crippen LogP contribution in [0.2, 0.25) is 5.02 Å². The molecule has 138 valence electrons. The van der Waals surface area contributed by atoms with Crippen LogP contribution in [0.15, 0.2) is 60.7 Å². The zero-order valence-electron chi connectivity index (χ0n) is 14.8. The van der Waals surface area contributed by atoms with Gasteiger partial charge in [0.2, 0.25) is 0 Å². The fourth-order valence-electron chi connectivity index (χ4n) is 3.29. The van der Waals surface area contributed by atoms with Gasteiger partial charge in [0, 0.05) is 23.7 Å². The summed E-state index contributed by atoms with van der Waals surface area (Å²) in [6.07, 6.45) is 0.891. The molecule has 4 rings (SSSR count). The molecular weight excluding hydrogens is 362 g/mol. The van der Waals surface area contributed by atoms with Gasteiger partial charge in [0.05, 0.1) is 17.5 Å². The normalized spacial score (nSPS) is 15.1. The van der Waals surface area contributed by atoms with Gasteiger partial charge in [-0.2, -0.15) is 5.10 Å². The summed E-state index contributed by atoms with van der Waals surface area (Å²) >= 11 is 5.99. The van der Waals surface area contributed by atoms with Crippen LogP contribution in [0, 0.1) is 0 Å². The molecule has 0 bridgehead atoms. The average molecular weight is 382 g/mol. The van der Waals surface area contributed by atoms with Crippen LogP contribution in [-0.2, 0) is 0 Å². The van der Waals surface area contributed by atoms with Crippen LogP contribution in [0.1, 0.15) is 23.3 Å². The summed E-state index contributed by atoms with van der Waals surface area (Å²) in [5.74, 6) is -0.0709. The highest BCUT2D eigenvalue weighted by molar-refractivity contribution is 6.30. The number of hydrogen-bond acceptors (Lipinski definition) is 3. The summed E-state index contributed by atoms with van der Waals surface area (Å²) in [5, 5.41) is 15.1. The lowest BCUT2D eigenvalue weighted by Gasteiger charge is -2.29. The molecule has 1 aliphatic heterocycles. The Labute approximate surface area is 162 Å². The minimum absolute atomic E-state index is 0.0709. The number of hydrogen-bond donors (Lipinski definition) is 1. The number of aromatic nitrogens is 2. The topological polar surface area (TPSA) is 58.4 Å². The third-order valence-electron chi connectivity index (χ3n) is 4.82. The van der Waals surface area contributed by atoms with E-state index in [1.807, 2.05) is 60.7 Å². The number of halogens is 1. The Hall–Kier alpha value is -2.63. The molecule has 0 saturated carbocycles. The monoisotopic (exact) mass is 381 g/mol. The van der Waals surface area contributed by atoms with E-state index in [2.05, 4.69) is 5.10 Å². The van der Waals surface area contributed by atoms with Crippen molar-refractivity contribution in [1.82, 2.24) is 14.7 Å². The van der Waals surface area contributed by atoms with Crippen LogP contribution in [0.5, 0.6) is 0 Å². The summed E-state index contributed by atoms with van der Waals surface area (Å²) in [6.45, 7) is 1.10. The van der Waals surface area contributed by atoms with Crippen molar-refractivity contribution in [2.75, 3.05) is 13.1 Å². The van der Waals surface area contributed by atoms with Crippen molar-refractivity contribution in [2.24, 2.45) is 0 Å². The summed E-state index contributed by atoms with van der Waals surface area (Å²) in [7, 11) is 0. The van der Waals surface area contributed by atoms with Crippen molar-refractivity contribution in [3.8, 4) is 16.9 Å². The van der Waals surface area contributed by atoms with Gasteiger partial charge in [0.1, 0.15) is 5.69 Å². The molecule has 2 aromatic carbocycles. The lowest BCUT2D eigenvalue weighted by Crippen LogP contribution is -2.40. The van der Waals surface area contributed by atoms with Crippen LogP contribution in [-0.4, -0.2) is 44.9 Å². The number of rotatable bonds is 3. The molecule has 6 heteroatoms. The van der Waals surface area contributed by atoms with Gasteiger partial charge in [-0.15, -0.1) is 0 Å². The number of nitrogens with zero attached hydrogens (tertiary/aromatic N) is 3. The maximum atomic E-state index is 13.2. The molecule has 0 unspecified atom stereocenters. The summed E-state index contributed by atoms with van der Waals surface area (Å²) in [6, 6.07) is 18.9. The van der Waals surface area contributed by atoms with E-state index in [1.165, 1.54) is 0 Å². The van der Waals surface area contributed by atoms with Gasteiger partial charge in [-0.25, -0.2) is 4.68 Å². The van der Waals surface area contributed by atoms with Crippen molar-refractivity contribution in [2.45, 2.75) is 18.9 Å². The fraction of sp³-hybridized carbons (Fsp3) is 0.238. The number of piperidine rings is 1. The predicted molar refractivity (Wildman–Crippen MR) is 105 cm³/mol. The molecule has 0 radical (unpaired) electrons. The smallest absolute Gasteiger partial charge is 0.272 e. The number of benzene rings is 2. The van der Waals surface area contributed by atoms with E-state index in [0.717, 1.165) is 16.9 Å². The van der Waals surface area contributed by atoms with Gasteiger partial charge >= 0.3 is 0 Å². The maximum absolute atomic E-state index is 13.2. The molecule has 0 atom stereocenters. The third kappa shape index (κ3) is 3.75. The summed E-state index contributed by atoms with van der Waals surface area (Å²) in [5.41, 5.74) is 2.97. The van der Waals surface area contributed by atoms with Gasteiger partial charge in [-0.3, -0.25) is 4.79 Å². The second kappa shape index (κ2) is 7.55. The lowest BCUT2D eigenvalue weighted by atomic mass is 10.1. The van der Waals surface area contributed by atoms with E-state index in [9.17, 15) is 9.90 Å². The molecule has 5 nitrogen and oxygen atoms in total. The molecule has 1 saturated heterocycles. The van der Waals surface area contributed by atoms with E-state index in [0.29, 0.717) is 36.6 Å². The molecule has 27 heavy (non-hydrogen) atoms. The third-order valence-corrected chi connectivity index (χ3v) is 5.07. The second-order valence-corrected chi connectivity index (χ2v) is 7.13. The highest BCUT2D eigenvalue weighted by Gasteiger charge is 2.26. The number of likely N-dealkylation sites (tertiary alicyclic amines) is 1. The Balaban J connectivity index is 1.74. The Morgan fingerprint density at radius 1 is 1.04 bits per heavy atom. The van der Waals surface area contributed by atoms with E-state index >= 15 is 0 Å². The Morgan fingerprint density at radius 3 is 2.37 bits per heavy atom. The second-order valence-electron chi connectivity index (χ2n) is 6.69. The van der Waals surface area contributed by atoms with E-state index < -0.39 is 0 Å². The molecule has 3 aromatic rings. The van der Waals surface area contributed by atoms with Crippen molar-refractivity contribution in [3.63, 3.8) is 0 Å². The number of carbonyl (C=O) groups excluding carboxylic acids is 1. The first-order chi connectivity index (χ1) is 13.1. The number of aliphatic hydroxyl groups is 1. The fourth-order valence-corrected chi connectivity index (χ4v) is 3.42. The van der Waals surface area contributed by atoms with E-state index in [1.54, 1.807) is 9.58 Å². The largest absolute Gasteiger partial charge is 0.393 e. The average Bonchev–Trinajstić information content (AvgIpc) is 3.15. The molecular formula is C21H20ClN3O2. The molecule has 1 amide bonds. The van der Waals surface area contributed by atoms with Crippen molar-refractivity contribution in [1.29, 1.82) is 0 Å². The number of para-hydroxylation sites is 1. The van der Waals surface area contributed by atoms with E-state index in [4.69, 9.17) is 11.6 Å². The molecule has 0 spiro atoms. The standard InChI is InChI=1S/C21H20ClN3O2/c22-16-8-6-15(7-9-16)19-14-20(21(27)24-12-10-18(26)11-13-24)25(23-19)17-4-2-1-3-5-17/h1-9,14,18,26H,10-13H2. The number of aliphatic hydroxyl groups excluding tert-OH is 1. The van der Waals surface area contributed by atoms with Gasteiger partial charge < -0.3 is 10.0 Å². The molecule has 2 heterocycles. The Morgan fingerprint density at radius 2 is 1.70 bits per heavy atom. The predicted octanol–water partition coefficient (Wildman–Crippen LogP) is 3.79. The van der Waals surface area contributed by atoms with Gasteiger partial charge in [0.25, 0.3) is 5.91 Å². The van der Waals surface area contributed by atoms with Crippen LogP contribution in [0.4, 0.5) is 0 Å². The summed E-state index contributed by atoms with van der Waals surface area (Å²) in [4.78, 5) is 14.9. The van der Waals surface area contributed by atoms with Crippen LogP contribution in [0.3, 0.4) is 0 Å². The first-order valence-electron chi connectivity index (χ1n) is 9.00. The van der Waals surface area contributed by atoms with Gasteiger partial charge in [-0.05, 0) is 43.2 Å². The SMILES string of the molecule is O=C(c1cc(-c2ccc(Cl)cc2)nn1-c1ccccc1)N1CCC(O)CC1. The lowest BCUT2D eigenvalue weighted by molar-refractivity contribution is 0.0539. The van der Waals surface area contributed by atoms with Crippen LogP contribution in [0.25, 0.3) is 16.9 Å². The quantitative estimate of drug-likeness (QED) is 0.750. The highest BCUT2D eigenvalue weighted by atomic mass is 35.5. The number of carbonyl (C=O) groups is 1.